The van der Waals surface area contributed by atoms with E-state index in [1.807, 2.05) is 0 Å². The van der Waals surface area contributed by atoms with Crippen molar-refractivity contribution in [2.75, 3.05) is 26.9 Å². The fraction of sp³-hybridized carbons (Fsp3) is 0.442. The lowest BCUT2D eigenvalue weighted by molar-refractivity contribution is -0.358. The lowest BCUT2D eigenvalue weighted by Gasteiger charge is -2.46. The summed E-state index contributed by atoms with van der Waals surface area (Å²) in [4.78, 5) is 27.7. The second-order valence-corrected chi connectivity index (χ2v) is 15.6. The number of fused-ring (bicyclic) bond motifs is 1. The third-order valence-electron chi connectivity index (χ3n) is 11.2. The van der Waals surface area contributed by atoms with E-state index in [1.54, 1.807) is 0 Å². The number of aliphatic hydroxyl groups is 10. The van der Waals surface area contributed by atoms with Crippen LogP contribution in [0.3, 0.4) is 0 Å². The molecule has 3 aromatic carbocycles. The summed E-state index contributed by atoms with van der Waals surface area (Å²) in [5, 5.41) is 136. The number of phenolic OH excluding ortho intramolecular Hbond substituents is 3. The predicted molar refractivity (Wildman–Crippen MR) is 220 cm³/mol. The van der Waals surface area contributed by atoms with Crippen LogP contribution in [0.25, 0.3) is 28.4 Å². The van der Waals surface area contributed by atoms with Gasteiger partial charge in [0, 0.05) is 23.8 Å². The van der Waals surface area contributed by atoms with Crippen LogP contribution < -0.4 is 19.6 Å². The average Bonchev–Trinajstić information content (AvgIpc) is 3.31. The van der Waals surface area contributed by atoms with Crippen molar-refractivity contribution in [1.29, 1.82) is 0 Å². The number of hydrogen-bond acceptors (Lipinski definition) is 24. The van der Waals surface area contributed by atoms with E-state index in [-0.39, 0.29) is 28.6 Å². The molecule has 7 rings (SSSR count). The van der Waals surface area contributed by atoms with Gasteiger partial charge in [-0.2, -0.15) is 0 Å². The largest absolute Gasteiger partial charge is 0.508 e. The fourth-order valence-electron chi connectivity index (χ4n) is 7.53. The Labute approximate surface area is 377 Å². The molecule has 3 aliphatic rings. The van der Waals surface area contributed by atoms with Gasteiger partial charge < -0.3 is 109 Å². The Balaban J connectivity index is 1.24. The Morgan fingerprint density at radius 1 is 0.657 bits per heavy atom. The van der Waals surface area contributed by atoms with E-state index in [0.717, 1.165) is 18.2 Å². The first-order chi connectivity index (χ1) is 32.0. The molecule has 24 heteroatoms. The highest BCUT2D eigenvalue weighted by Crippen LogP contribution is 2.40. The maximum Gasteiger partial charge on any atom is 0.331 e. The molecule has 15 atom stereocenters. The lowest BCUT2D eigenvalue weighted by atomic mass is 9.97. The number of esters is 1. The zero-order valence-corrected chi connectivity index (χ0v) is 34.9. The van der Waals surface area contributed by atoms with Crippen molar-refractivity contribution in [3.8, 4) is 45.8 Å². The molecule has 3 fully saturated rings. The second-order valence-electron chi connectivity index (χ2n) is 15.6. The minimum atomic E-state index is -2.11. The minimum absolute atomic E-state index is 0.0309. The van der Waals surface area contributed by atoms with E-state index < -0.39 is 152 Å². The fourth-order valence-corrected chi connectivity index (χ4v) is 7.53. The van der Waals surface area contributed by atoms with E-state index in [0.29, 0.717) is 5.56 Å². The van der Waals surface area contributed by atoms with Gasteiger partial charge in [0.2, 0.25) is 23.8 Å². The first-order valence-electron chi connectivity index (χ1n) is 20.4. The van der Waals surface area contributed by atoms with Crippen LogP contribution >= 0.6 is 0 Å². The number of ether oxygens (including phenoxy) is 8. The third kappa shape index (κ3) is 10.1. The van der Waals surface area contributed by atoms with Crippen LogP contribution in [0.5, 0.6) is 34.5 Å². The number of aromatic hydroxyl groups is 3. The number of carbonyl (C=O) groups is 1. The molecule has 3 saturated heterocycles. The van der Waals surface area contributed by atoms with Crippen LogP contribution in [-0.4, -0.2) is 191 Å². The Morgan fingerprint density at radius 3 is 1.88 bits per heavy atom. The Hall–Kier alpha value is -5.68. The number of aliphatic hydroxyl groups excluding tert-OH is 10. The van der Waals surface area contributed by atoms with Crippen molar-refractivity contribution in [1.82, 2.24) is 0 Å². The van der Waals surface area contributed by atoms with Gasteiger partial charge in [-0.25, -0.2) is 4.79 Å². The van der Waals surface area contributed by atoms with Gasteiger partial charge in [-0.05, 0) is 48.0 Å². The molecule has 3 aliphatic heterocycles. The molecule has 4 heterocycles. The summed E-state index contributed by atoms with van der Waals surface area (Å²) in [5.74, 6) is -3.83. The second kappa shape index (κ2) is 20.7. The maximum absolute atomic E-state index is 14.5. The number of hydrogen-bond donors (Lipinski definition) is 13. The standard InChI is InChI=1S/C43H48O24/c1-59-22-10-16(2-8-20(22)48)3-9-27(50)65-39-34(56)30(52)25(14-45)63-42(39)67-40-35(57)31(53)26(15-46)64-43(40)66-38-32(54)28-21(49)11-19(60-41-36(58)33(55)29(51)24(13-44)62-41)12-23(28)61-37(38)17-4-6-18(47)7-5-17/h2-12,24-26,29-31,33-36,39-49,51-53,55-58H,13-15H2,1H3/t24-,25-,26-,29-,30-,31-,33+,34+,35+,36-,39-,40-,41-,42+,43+/m1/s1. The van der Waals surface area contributed by atoms with Crippen LogP contribution in [0.4, 0.5) is 0 Å². The summed E-state index contributed by atoms with van der Waals surface area (Å²) in [6.07, 6.45) is -25.7. The molecule has 4 aromatic rings. The van der Waals surface area contributed by atoms with E-state index >= 15 is 0 Å². The molecule has 364 valence electrons. The van der Waals surface area contributed by atoms with Gasteiger partial charge >= 0.3 is 5.97 Å². The highest BCUT2D eigenvalue weighted by atomic mass is 16.8. The van der Waals surface area contributed by atoms with Crippen molar-refractivity contribution in [2.24, 2.45) is 0 Å². The van der Waals surface area contributed by atoms with Gasteiger partial charge in [0.05, 0.1) is 26.9 Å². The van der Waals surface area contributed by atoms with E-state index in [2.05, 4.69) is 0 Å². The number of rotatable bonds is 14. The first kappa shape index (κ1) is 49.2. The van der Waals surface area contributed by atoms with Crippen molar-refractivity contribution < 1.29 is 113 Å². The molecule has 0 amide bonds. The van der Waals surface area contributed by atoms with Crippen LogP contribution in [0.15, 0.2) is 69.9 Å². The van der Waals surface area contributed by atoms with Crippen molar-refractivity contribution in [3.63, 3.8) is 0 Å². The summed E-state index contributed by atoms with van der Waals surface area (Å²) in [6, 6.07) is 11.1. The molecule has 0 spiro atoms. The van der Waals surface area contributed by atoms with Gasteiger partial charge in [-0.1, -0.05) is 6.07 Å². The number of carbonyl (C=O) groups excluding carboxylic acids is 1. The van der Waals surface area contributed by atoms with E-state index in [9.17, 15) is 76.0 Å². The van der Waals surface area contributed by atoms with Gasteiger partial charge in [0.25, 0.3) is 0 Å². The predicted octanol–water partition coefficient (Wildman–Crippen LogP) is -2.97. The smallest absolute Gasteiger partial charge is 0.331 e. The summed E-state index contributed by atoms with van der Waals surface area (Å²) < 4.78 is 51.2. The molecule has 13 N–H and O–H groups in total. The Bertz CT molecular complexity index is 2440. The summed E-state index contributed by atoms with van der Waals surface area (Å²) in [6.45, 7) is -2.65. The van der Waals surface area contributed by atoms with Crippen LogP contribution in [0, 0.1) is 0 Å². The van der Waals surface area contributed by atoms with E-state index in [4.69, 9.17) is 42.3 Å². The SMILES string of the molecule is COc1cc(C=CC(=O)O[C@H]2[C@H](O[C@H]3[C@H](Oc4c(-c5ccc(O)cc5)oc5cc(O[C@@H]6O[C@H](CO)[C@@H](O)[C@H](O)[C@H]6O)cc(O)c5c4=O)O[C@H](CO)[C@@H](O)[C@@H]3O)O[C@H](CO)[C@@H](O)[C@@H]2O)ccc1O. The summed E-state index contributed by atoms with van der Waals surface area (Å²) >= 11 is 0. The molecular formula is C43H48O24. The molecule has 0 radical (unpaired) electrons. The summed E-state index contributed by atoms with van der Waals surface area (Å²) in [7, 11) is 1.31. The van der Waals surface area contributed by atoms with Crippen LogP contribution in [-0.2, 0) is 28.5 Å². The number of benzene rings is 3. The molecule has 0 aliphatic carbocycles. The normalized spacial score (nSPS) is 32.3. The topological polar surface area (TPSA) is 384 Å². The lowest BCUT2D eigenvalue weighted by Crippen LogP contribution is -2.65. The average molecular weight is 949 g/mol. The zero-order valence-electron chi connectivity index (χ0n) is 34.9. The van der Waals surface area contributed by atoms with Gasteiger partial charge in [-0.3, -0.25) is 4.79 Å². The van der Waals surface area contributed by atoms with Crippen LogP contribution in [0.2, 0.25) is 0 Å². The van der Waals surface area contributed by atoms with Gasteiger partial charge in [-0.15, -0.1) is 0 Å². The number of methoxy groups -OCH3 is 1. The molecule has 67 heavy (non-hydrogen) atoms. The molecule has 0 bridgehead atoms. The molecular weight excluding hydrogens is 900 g/mol. The Morgan fingerprint density at radius 2 is 1.25 bits per heavy atom. The highest BCUT2D eigenvalue weighted by Gasteiger charge is 2.53. The Kier molecular flexibility index (Phi) is 15.2. The third-order valence-corrected chi connectivity index (χ3v) is 11.2. The molecule has 24 nitrogen and oxygen atoms in total. The van der Waals surface area contributed by atoms with Crippen molar-refractivity contribution in [2.45, 2.75) is 92.1 Å². The van der Waals surface area contributed by atoms with Gasteiger partial charge in [0.1, 0.15) is 89.3 Å². The summed E-state index contributed by atoms with van der Waals surface area (Å²) in [5.41, 5.74) is -1.15. The zero-order chi connectivity index (χ0) is 48.4. The molecule has 0 unspecified atom stereocenters. The first-order valence-corrected chi connectivity index (χ1v) is 20.4. The van der Waals surface area contributed by atoms with E-state index in [1.165, 1.54) is 55.7 Å². The molecule has 0 saturated carbocycles. The molecule has 1 aromatic heterocycles. The van der Waals surface area contributed by atoms with Crippen molar-refractivity contribution in [3.05, 3.63) is 76.5 Å². The quantitative estimate of drug-likeness (QED) is 0.0443. The minimum Gasteiger partial charge on any atom is -0.508 e. The number of phenols is 3. The van der Waals surface area contributed by atoms with Gasteiger partial charge in [0.15, 0.2) is 35.8 Å². The monoisotopic (exact) mass is 948 g/mol. The maximum atomic E-state index is 14.5. The van der Waals surface area contributed by atoms with Crippen LogP contribution in [0.1, 0.15) is 5.56 Å². The highest BCUT2D eigenvalue weighted by molar-refractivity contribution is 5.89. The van der Waals surface area contributed by atoms with Crippen molar-refractivity contribution >= 4 is 23.0 Å².